The summed E-state index contributed by atoms with van der Waals surface area (Å²) in [5.41, 5.74) is 0. The Morgan fingerprint density at radius 1 is 1.75 bits per heavy atom. The minimum absolute atomic E-state index is 0.322. The fourth-order valence-corrected chi connectivity index (χ4v) is 0.592. The molecule has 2 heteroatoms. The highest BCUT2D eigenvalue weighted by Gasteiger charge is 2.18. The van der Waals surface area contributed by atoms with Crippen molar-refractivity contribution in [3.63, 3.8) is 0 Å². The molecule has 1 aliphatic rings. The molecule has 0 bridgehead atoms. The van der Waals surface area contributed by atoms with Gasteiger partial charge in [0.05, 0.1) is 6.10 Å². The van der Waals surface area contributed by atoms with Crippen LogP contribution in [0.1, 0.15) is 0 Å². The molecule has 0 saturated carbocycles. The van der Waals surface area contributed by atoms with Crippen LogP contribution in [0.15, 0.2) is 12.7 Å². The number of hydrogen-bond acceptors (Lipinski definition) is 2. The molecule has 1 N–H and O–H groups in total. The highest BCUT2D eigenvalue weighted by Crippen LogP contribution is 2.03. The Morgan fingerprint density at radius 2 is 2.38 bits per heavy atom. The van der Waals surface area contributed by atoms with Gasteiger partial charge in [0.2, 0.25) is 0 Å². The molecule has 2 nitrogen and oxygen atoms in total. The van der Waals surface area contributed by atoms with Gasteiger partial charge in [0.1, 0.15) is 0 Å². The van der Waals surface area contributed by atoms with Gasteiger partial charge in [-0.1, -0.05) is 6.08 Å². The van der Waals surface area contributed by atoms with Crippen molar-refractivity contribution < 1.29 is 5.11 Å². The van der Waals surface area contributed by atoms with E-state index in [1.807, 2.05) is 0 Å². The molecular weight excluding hydrogens is 102 g/mol. The topological polar surface area (TPSA) is 23.2 Å². The Hall–Kier alpha value is -0.340. The van der Waals surface area contributed by atoms with Crippen LogP contribution < -0.4 is 0 Å². The van der Waals surface area contributed by atoms with Crippen molar-refractivity contribution in [3.8, 4) is 0 Å². The van der Waals surface area contributed by atoms with E-state index in [2.05, 4.69) is 11.5 Å². The molecule has 0 aromatic carbocycles. The third-order valence-corrected chi connectivity index (χ3v) is 1.26. The van der Waals surface area contributed by atoms with Gasteiger partial charge in [-0.25, -0.2) is 0 Å². The first-order valence-electron chi connectivity index (χ1n) is 2.86. The smallest absolute Gasteiger partial charge is 0.0845 e. The number of aliphatic hydroxyl groups is 1. The molecule has 0 spiro atoms. The Kier molecular flexibility index (Phi) is 1.65. The van der Waals surface area contributed by atoms with Crippen LogP contribution in [0, 0.1) is 0 Å². The second kappa shape index (κ2) is 2.29. The fourth-order valence-electron chi connectivity index (χ4n) is 0.592. The SMILES string of the molecule is C=CC(O)CN1CC1. The zero-order valence-electron chi connectivity index (χ0n) is 4.88. The van der Waals surface area contributed by atoms with Gasteiger partial charge in [-0.05, 0) is 0 Å². The van der Waals surface area contributed by atoms with Gasteiger partial charge in [0.15, 0.2) is 0 Å². The minimum Gasteiger partial charge on any atom is -0.388 e. The Morgan fingerprint density at radius 3 is 2.75 bits per heavy atom. The predicted octanol–water partition coefficient (Wildman–Crippen LogP) is -0.151. The van der Waals surface area contributed by atoms with Crippen molar-refractivity contribution in [2.75, 3.05) is 19.6 Å². The molecule has 1 fully saturated rings. The van der Waals surface area contributed by atoms with Crippen LogP contribution in [0.5, 0.6) is 0 Å². The van der Waals surface area contributed by atoms with Crippen molar-refractivity contribution in [2.24, 2.45) is 0 Å². The molecule has 0 radical (unpaired) electrons. The van der Waals surface area contributed by atoms with Crippen LogP contribution >= 0.6 is 0 Å². The summed E-state index contributed by atoms with van der Waals surface area (Å²) in [4.78, 5) is 2.16. The van der Waals surface area contributed by atoms with Crippen molar-refractivity contribution in [1.82, 2.24) is 4.90 Å². The van der Waals surface area contributed by atoms with Crippen molar-refractivity contribution in [3.05, 3.63) is 12.7 Å². The summed E-state index contributed by atoms with van der Waals surface area (Å²) < 4.78 is 0. The molecule has 8 heavy (non-hydrogen) atoms. The van der Waals surface area contributed by atoms with E-state index in [0.29, 0.717) is 0 Å². The van der Waals surface area contributed by atoms with Crippen molar-refractivity contribution >= 4 is 0 Å². The van der Waals surface area contributed by atoms with Crippen LogP contribution in [0.2, 0.25) is 0 Å². The molecule has 1 atom stereocenters. The Balaban J connectivity index is 2.06. The van der Waals surface area contributed by atoms with E-state index >= 15 is 0 Å². The van der Waals surface area contributed by atoms with Crippen LogP contribution in [0.4, 0.5) is 0 Å². The molecular formula is C6H11NO. The average Bonchev–Trinajstić information content (AvgIpc) is 2.50. The van der Waals surface area contributed by atoms with E-state index in [4.69, 9.17) is 5.11 Å². The lowest BCUT2D eigenvalue weighted by molar-refractivity contribution is 0.200. The quantitative estimate of drug-likeness (QED) is 0.406. The third kappa shape index (κ3) is 1.64. The standard InChI is InChI=1S/C6H11NO/c1-2-6(8)5-7-3-4-7/h2,6,8H,1,3-5H2. The van der Waals surface area contributed by atoms with Gasteiger partial charge in [-0.15, -0.1) is 6.58 Å². The lowest BCUT2D eigenvalue weighted by Gasteiger charge is -2.02. The van der Waals surface area contributed by atoms with Gasteiger partial charge in [-0.2, -0.15) is 0 Å². The highest BCUT2D eigenvalue weighted by molar-refractivity contribution is 4.85. The molecule has 0 amide bonds. The summed E-state index contributed by atoms with van der Waals surface area (Å²) in [7, 11) is 0. The van der Waals surface area contributed by atoms with E-state index in [-0.39, 0.29) is 6.10 Å². The Labute approximate surface area is 49.4 Å². The summed E-state index contributed by atoms with van der Waals surface area (Å²) >= 11 is 0. The lowest BCUT2D eigenvalue weighted by atomic mass is 10.3. The first-order chi connectivity index (χ1) is 3.83. The van der Waals surface area contributed by atoms with Gasteiger partial charge >= 0.3 is 0 Å². The Bertz CT molecular complexity index is 88.5. The zero-order valence-corrected chi connectivity index (χ0v) is 4.88. The van der Waals surface area contributed by atoms with Crippen LogP contribution in [0.3, 0.4) is 0 Å². The van der Waals surface area contributed by atoms with E-state index in [1.165, 1.54) is 0 Å². The maximum atomic E-state index is 8.91. The zero-order chi connectivity index (χ0) is 5.98. The number of nitrogens with zero attached hydrogens (tertiary/aromatic N) is 1. The van der Waals surface area contributed by atoms with Gasteiger partial charge < -0.3 is 5.11 Å². The van der Waals surface area contributed by atoms with E-state index < -0.39 is 0 Å². The van der Waals surface area contributed by atoms with E-state index in [0.717, 1.165) is 19.6 Å². The summed E-state index contributed by atoms with van der Waals surface area (Å²) in [6.45, 7) is 6.52. The molecule has 46 valence electrons. The highest BCUT2D eigenvalue weighted by atomic mass is 16.3. The average molecular weight is 113 g/mol. The number of β-amino-alcohol motifs (C(OH)–C–C–N with tert-alkyl or cyclic N) is 1. The lowest BCUT2D eigenvalue weighted by Crippen LogP contribution is -2.15. The third-order valence-electron chi connectivity index (χ3n) is 1.26. The second-order valence-electron chi connectivity index (χ2n) is 2.10. The van der Waals surface area contributed by atoms with Gasteiger partial charge in [-0.3, -0.25) is 4.90 Å². The monoisotopic (exact) mass is 113 g/mol. The second-order valence-corrected chi connectivity index (χ2v) is 2.10. The summed E-state index contributed by atoms with van der Waals surface area (Å²) in [6, 6.07) is 0. The normalized spacial score (nSPS) is 22.6. The molecule has 0 aromatic rings. The molecule has 1 aliphatic heterocycles. The van der Waals surface area contributed by atoms with Crippen LogP contribution in [-0.2, 0) is 0 Å². The molecule has 1 heterocycles. The van der Waals surface area contributed by atoms with Gasteiger partial charge in [0, 0.05) is 19.6 Å². The molecule has 1 unspecified atom stereocenters. The van der Waals surface area contributed by atoms with E-state index in [1.54, 1.807) is 6.08 Å². The molecule has 0 aliphatic carbocycles. The summed E-state index contributed by atoms with van der Waals surface area (Å²) in [5, 5.41) is 8.91. The number of hydrogen-bond donors (Lipinski definition) is 1. The minimum atomic E-state index is -0.322. The summed E-state index contributed by atoms with van der Waals surface area (Å²) in [6.07, 6.45) is 1.25. The number of rotatable bonds is 3. The molecule has 1 rings (SSSR count). The fraction of sp³-hybridized carbons (Fsp3) is 0.667. The van der Waals surface area contributed by atoms with E-state index in [9.17, 15) is 0 Å². The maximum Gasteiger partial charge on any atom is 0.0845 e. The first kappa shape index (κ1) is 5.79. The van der Waals surface area contributed by atoms with Crippen LogP contribution in [0.25, 0.3) is 0 Å². The van der Waals surface area contributed by atoms with Gasteiger partial charge in [0.25, 0.3) is 0 Å². The van der Waals surface area contributed by atoms with Crippen molar-refractivity contribution in [1.29, 1.82) is 0 Å². The molecule has 0 aromatic heterocycles. The van der Waals surface area contributed by atoms with Crippen molar-refractivity contribution in [2.45, 2.75) is 6.10 Å². The first-order valence-corrected chi connectivity index (χ1v) is 2.86. The number of aliphatic hydroxyl groups excluding tert-OH is 1. The largest absolute Gasteiger partial charge is 0.388 e. The maximum absolute atomic E-state index is 8.91. The molecule has 1 saturated heterocycles. The summed E-state index contributed by atoms with van der Waals surface area (Å²) in [5.74, 6) is 0. The van der Waals surface area contributed by atoms with Crippen LogP contribution in [-0.4, -0.2) is 35.7 Å². The predicted molar refractivity (Wildman–Crippen MR) is 32.6 cm³/mol.